The number of hydrogen-bond acceptors (Lipinski definition) is 2. The van der Waals surface area contributed by atoms with E-state index in [1.807, 2.05) is 18.2 Å². The molecular formula is C17H23BrN2. The van der Waals surface area contributed by atoms with Gasteiger partial charge in [-0.3, -0.25) is 0 Å². The lowest BCUT2D eigenvalue weighted by atomic mass is 9.69. The minimum Gasteiger partial charge on any atom is -0.381 e. The second-order valence-electron chi connectivity index (χ2n) is 6.81. The summed E-state index contributed by atoms with van der Waals surface area (Å²) >= 11 is 3.43. The van der Waals surface area contributed by atoms with Gasteiger partial charge in [0.25, 0.3) is 0 Å². The molecule has 0 aliphatic heterocycles. The second-order valence-corrected chi connectivity index (χ2v) is 7.73. The molecule has 0 aromatic heterocycles. The van der Waals surface area contributed by atoms with E-state index in [-0.39, 0.29) is 0 Å². The van der Waals surface area contributed by atoms with Gasteiger partial charge in [0, 0.05) is 10.5 Å². The van der Waals surface area contributed by atoms with Gasteiger partial charge in [0.1, 0.15) is 6.07 Å². The van der Waals surface area contributed by atoms with Crippen LogP contribution in [0, 0.1) is 22.7 Å². The Labute approximate surface area is 130 Å². The Morgan fingerprint density at radius 2 is 1.95 bits per heavy atom. The quantitative estimate of drug-likeness (QED) is 0.792. The average Bonchev–Trinajstić information content (AvgIpc) is 2.40. The molecule has 1 N–H and O–H groups in total. The van der Waals surface area contributed by atoms with Crippen molar-refractivity contribution in [1.29, 1.82) is 5.26 Å². The fourth-order valence-corrected chi connectivity index (χ4v) is 3.64. The predicted molar refractivity (Wildman–Crippen MR) is 87.7 cm³/mol. The molecule has 1 saturated carbocycles. The van der Waals surface area contributed by atoms with E-state index in [1.165, 1.54) is 25.7 Å². The fraction of sp³-hybridized carbons (Fsp3) is 0.588. The van der Waals surface area contributed by atoms with Crippen LogP contribution in [-0.4, -0.2) is 6.04 Å². The van der Waals surface area contributed by atoms with E-state index < -0.39 is 0 Å². The van der Waals surface area contributed by atoms with Crippen LogP contribution in [0.2, 0.25) is 0 Å². The smallest absolute Gasteiger partial charge is 0.101 e. The summed E-state index contributed by atoms with van der Waals surface area (Å²) in [5, 5.41) is 12.9. The highest BCUT2D eigenvalue weighted by molar-refractivity contribution is 9.10. The summed E-state index contributed by atoms with van der Waals surface area (Å²) in [6.45, 7) is 6.97. The lowest BCUT2D eigenvalue weighted by Gasteiger charge is -2.41. The summed E-state index contributed by atoms with van der Waals surface area (Å²) in [5.74, 6) is 0.659. The number of nitrogens with one attached hydrogen (secondary N) is 1. The van der Waals surface area contributed by atoms with Gasteiger partial charge in [0.15, 0.2) is 0 Å². The molecule has 0 saturated heterocycles. The van der Waals surface area contributed by atoms with E-state index in [0.717, 1.165) is 15.7 Å². The molecule has 2 rings (SSSR count). The minimum absolute atomic E-state index is 0.306. The topological polar surface area (TPSA) is 35.8 Å². The van der Waals surface area contributed by atoms with Crippen LogP contribution < -0.4 is 5.32 Å². The molecule has 0 spiro atoms. The lowest BCUT2D eigenvalue weighted by molar-refractivity contribution is 0.163. The molecule has 0 heterocycles. The molecular weight excluding hydrogens is 312 g/mol. The Balaban J connectivity index is 2.21. The van der Waals surface area contributed by atoms with Crippen molar-refractivity contribution in [2.45, 2.75) is 52.5 Å². The van der Waals surface area contributed by atoms with E-state index in [1.54, 1.807) is 0 Å². The highest BCUT2D eigenvalue weighted by Gasteiger charge is 2.34. The van der Waals surface area contributed by atoms with E-state index in [9.17, 15) is 5.26 Å². The maximum absolute atomic E-state index is 9.29. The van der Waals surface area contributed by atoms with Crippen molar-refractivity contribution >= 4 is 21.6 Å². The van der Waals surface area contributed by atoms with E-state index in [0.29, 0.717) is 17.4 Å². The first-order valence-electron chi connectivity index (χ1n) is 7.38. The van der Waals surface area contributed by atoms with Crippen molar-refractivity contribution in [2.24, 2.45) is 11.3 Å². The normalized spacial score (nSPS) is 23.1. The zero-order chi connectivity index (χ0) is 14.8. The molecule has 2 nitrogen and oxygen atoms in total. The van der Waals surface area contributed by atoms with E-state index >= 15 is 0 Å². The number of hydrogen-bond donors (Lipinski definition) is 1. The van der Waals surface area contributed by atoms with Gasteiger partial charge in [0.05, 0.1) is 11.3 Å². The van der Waals surface area contributed by atoms with Gasteiger partial charge < -0.3 is 5.32 Å². The summed E-state index contributed by atoms with van der Waals surface area (Å²) in [7, 11) is 0. The molecule has 20 heavy (non-hydrogen) atoms. The minimum atomic E-state index is 0.306. The Morgan fingerprint density at radius 3 is 2.60 bits per heavy atom. The Kier molecular flexibility index (Phi) is 4.75. The van der Waals surface area contributed by atoms with E-state index in [2.05, 4.69) is 48.1 Å². The standard InChI is InChI=1S/C17H23BrN2/c1-17(2,3)14-6-4-5-7-16(14)20-15-9-8-13(18)10-12(15)11-19/h8-10,14,16,20H,4-7H2,1-3H3. The SMILES string of the molecule is CC(C)(C)C1CCCCC1Nc1ccc(Br)cc1C#N. The molecule has 0 radical (unpaired) electrons. The van der Waals surface area contributed by atoms with Gasteiger partial charge in [-0.25, -0.2) is 0 Å². The third-order valence-corrected chi connectivity index (χ3v) is 4.81. The first-order valence-corrected chi connectivity index (χ1v) is 8.17. The highest BCUT2D eigenvalue weighted by atomic mass is 79.9. The maximum Gasteiger partial charge on any atom is 0.101 e. The van der Waals surface area contributed by atoms with Crippen LogP contribution in [0.1, 0.15) is 52.0 Å². The highest BCUT2D eigenvalue weighted by Crippen LogP contribution is 2.39. The number of anilines is 1. The van der Waals surface area contributed by atoms with E-state index in [4.69, 9.17) is 0 Å². The summed E-state index contributed by atoms with van der Waals surface area (Å²) in [4.78, 5) is 0. The zero-order valence-corrected chi connectivity index (χ0v) is 14.1. The van der Waals surface area contributed by atoms with Crippen molar-refractivity contribution < 1.29 is 0 Å². The fourth-order valence-electron chi connectivity index (χ4n) is 3.27. The zero-order valence-electron chi connectivity index (χ0n) is 12.5. The number of nitrogens with zero attached hydrogens (tertiary/aromatic N) is 1. The number of rotatable bonds is 2. The molecule has 108 valence electrons. The molecule has 3 heteroatoms. The molecule has 1 aliphatic carbocycles. The monoisotopic (exact) mass is 334 g/mol. The summed E-state index contributed by atoms with van der Waals surface area (Å²) in [5.41, 5.74) is 2.00. The van der Waals surface area contributed by atoms with Gasteiger partial charge in [-0.1, -0.05) is 49.5 Å². The molecule has 2 unspecified atom stereocenters. The average molecular weight is 335 g/mol. The molecule has 2 atom stereocenters. The molecule has 0 bridgehead atoms. The number of benzene rings is 1. The Morgan fingerprint density at radius 1 is 1.25 bits per heavy atom. The Hall–Kier alpha value is -1.01. The molecule has 1 aromatic carbocycles. The van der Waals surface area contributed by atoms with Gasteiger partial charge in [0.2, 0.25) is 0 Å². The number of halogens is 1. The van der Waals surface area contributed by atoms with Crippen LogP contribution in [0.15, 0.2) is 22.7 Å². The van der Waals surface area contributed by atoms with Crippen molar-refractivity contribution in [3.8, 4) is 6.07 Å². The lowest BCUT2D eigenvalue weighted by Crippen LogP contribution is -2.39. The van der Waals surface area contributed by atoms with Gasteiger partial charge in [-0.15, -0.1) is 0 Å². The number of nitriles is 1. The van der Waals surface area contributed by atoms with Crippen LogP contribution in [0.4, 0.5) is 5.69 Å². The van der Waals surface area contributed by atoms with Crippen LogP contribution in [0.25, 0.3) is 0 Å². The molecule has 0 amide bonds. The van der Waals surface area contributed by atoms with Crippen molar-refractivity contribution in [1.82, 2.24) is 0 Å². The summed E-state index contributed by atoms with van der Waals surface area (Å²) in [6, 6.07) is 8.65. The van der Waals surface area contributed by atoms with Crippen LogP contribution >= 0.6 is 15.9 Å². The third-order valence-electron chi connectivity index (χ3n) is 4.32. The third kappa shape index (κ3) is 3.55. The van der Waals surface area contributed by atoms with Crippen molar-refractivity contribution in [2.75, 3.05) is 5.32 Å². The maximum atomic E-state index is 9.29. The first kappa shape index (κ1) is 15.4. The summed E-state index contributed by atoms with van der Waals surface area (Å²) in [6.07, 6.45) is 5.08. The van der Waals surface area contributed by atoms with Gasteiger partial charge in [-0.05, 0) is 42.4 Å². The van der Waals surface area contributed by atoms with Crippen LogP contribution in [0.3, 0.4) is 0 Å². The Bertz CT molecular complexity index is 511. The second kappa shape index (κ2) is 6.18. The van der Waals surface area contributed by atoms with Gasteiger partial charge >= 0.3 is 0 Å². The summed E-state index contributed by atoms with van der Waals surface area (Å²) < 4.78 is 0.954. The first-order chi connectivity index (χ1) is 9.41. The van der Waals surface area contributed by atoms with Crippen LogP contribution in [0.5, 0.6) is 0 Å². The largest absolute Gasteiger partial charge is 0.381 e. The molecule has 1 aromatic rings. The molecule has 1 aliphatic rings. The van der Waals surface area contributed by atoms with Crippen molar-refractivity contribution in [3.63, 3.8) is 0 Å². The van der Waals surface area contributed by atoms with Crippen LogP contribution in [-0.2, 0) is 0 Å². The predicted octanol–water partition coefficient (Wildman–Crippen LogP) is 5.34. The van der Waals surface area contributed by atoms with Gasteiger partial charge in [-0.2, -0.15) is 5.26 Å². The molecule has 1 fully saturated rings. The van der Waals surface area contributed by atoms with Crippen molar-refractivity contribution in [3.05, 3.63) is 28.2 Å².